The largest absolute Gasteiger partial charge is 0.316 e. The Morgan fingerprint density at radius 1 is 1.31 bits per heavy atom. The molecule has 2 heterocycles. The van der Waals surface area contributed by atoms with E-state index in [0.717, 1.165) is 17.0 Å². The monoisotopic (exact) mass is 177 g/mol. The fourth-order valence-corrected chi connectivity index (χ4v) is 1.14. The van der Waals surface area contributed by atoms with Gasteiger partial charge in [-0.3, -0.25) is 0 Å². The number of imidazole rings is 1. The lowest BCUT2D eigenvalue weighted by atomic mass is 10.4. The second-order valence-corrected chi connectivity index (χ2v) is 2.56. The van der Waals surface area contributed by atoms with E-state index in [1.165, 1.54) is 0 Å². The molecule has 3 nitrogen and oxygen atoms in total. The van der Waals surface area contributed by atoms with Gasteiger partial charge in [0.2, 0.25) is 0 Å². The minimum absolute atomic E-state index is 0.949. The summed E-state index contributed by atoms with van der Waals surface area (Å²) in [6.07, 6.45) is 1.78. The zero-order valence-electron chi connectivity index (χ0n) is 8.57. The summed E-state index contributed by atoms with van der Waals surface area (Å²) in [5.41, 5.74) is 1.91. The van der Waals surface area contributed by atoms with Crippen molar-refractivity contribution < 1.29 is 0 Å². The van der Waals surface area contributed by atoms with Crippen molar-refractivity contribution in [3.63, 3.8) is 0 Å². The van der Waals surface area contributed by atoms with Gasteiger partial charge in [-0.2, -0.15) is 0 Å². The van der Waals surface area contributed by atoms with Crippen molar-refractivity contribution in [2.24, 2.45) is 7.05 Å². The number of pyridine rings is 1. The third-order valence-electron chi connectivity index (χ3n) is 1.85. The van der Waals surface area contributed by atoms with Crippen molar-refractivity contribution in [2.75, 3.05) is 0 Å². The summed E-state index contributed by atoms with van der Waals surface area (Å²) in [6, 6.07) is 3.87. The van der Waals surface area contributed by atoms with Crippen LogP contribution in [0.25, 0.3) is 11.2 Å². The number of hydrogen-bond donors (Lipinski definition) is 0. The minimum atomic E-state index is 0.949. The molecule has 0 bridgehead atoms. The topological polar surface area (TPSA) is 30.7 Å². The summed E-state index contributed by atoms with van der Waals surface area (Å²) in [6.45, 7) is 5.97. The Bertz CT molecular complexity index is 390. The summed E-state index contributed by atoms with van der Waals surface area (Å²) >= 11 is 0. The van der Waals surface area contributed by atoms with E-state index in [9.17, 15) is 0 Å². The summed E-state index contributed by atoms with van der Waals surface area (Å²) in [7, 11) is 1.97. The third-order valence-corrected chi connectivity index (χ3v) is 1.85. The average molecular weight is 177 g/mol. The van der Waals surface area contributed by atoms with Crippen LogP contribution in [0, 0.1) is 6.92 Å². The molecule has 0 saturated heterocycles. The van der Waals surface area contributed by atoms with Gasteiger partial charge in [0.15, 0.2) is 5.65 Å². The first kappa shape index (κ1) is 9.71. The van der Waals surface area contributed by atoms with Crippen molar-refractivity contribution in [1.82, 2.24) is 14.5 Å². The van der Waals surface area contributed by atoms with E-state index in [4.69, 9.17) is 0 Å². The molecule has 0 saturated carbocycles. The zero-order valence-corrected chi connectivity index (χ0v) is 8.57. The van der Waals surface area contributed by atoms with Crippen molar-refractivity contribution >= 4 is 11.2 Å². The Morgan fingerprint density at radius 2 is 2.00 bits per heavy atom. The Balaban J connectivity index is 0.000000396. The van der Waals surface area contributed by atoms with Gasteiger partial charge >= 0.3 is 0 Å². The average Bonchev–Trinajstić information content (AvgIpc) is 2.47. The molecule has 0 amide bonds. The Kier molecular flexibility index (Phi) is 3.01. The maximum absolute atomic E-state index is 4.31. The number of hydrogen-bond acceptors (Lipinski definition) is 2. The van der Waals surface area contributed by atoms with Crippen molar-refractivity contribution in [3.8, 4) is 0 Å². The fourth-order valence-electron chi connectivity index (χ4n) is 1.14. The number of aryl methyl sites for hydroxylation is 2. The molecular weight excluding hydrogens is 162 g/mol. The lowest BCUT2D eigenvalue weighted by molar-refractivity contribution is 0.874. The summed E-state index contributed by atoms with van der Waals surface area (Å²) in [5, 5.41) is 0. The van der Waals surface area contributed by atoms with Gasteiger partial charge in [-0.15, -0.1) is 0 Å². The van der Waals surface area contributed by atoms with Gasteiger partial charge in [-0.25, -0.2) is 9.97 Å². The van der Waals surface area contributed by atoms with E-state index in [1.54, 1.807) is 6.20 Å². The molecule has 0 aliphatic heterocycles. The Labute approximate surface area is 78.4 Å². The fraction of sp³-hybridized carbons (Fsp3) is 0.400. The molecule has 0 N–H and O–H groups in total. The first-order chi connectivity index (χ1) is 6.29. The van der Waals surface area contributed by atoms with Crippen LogP contribution in [0.3, 0.4) is 0 Å². The van der Waals surface area contributed by atoms with Gasteiger partial charge in [-0.1, -0.05) is 13.8 Å². The Morgan fingerprint density at radius 3 is 2.62 bits per heavy atom. The normalized spacial score (nSPS) is 9.54. The first-order valence-corrected chi connectivity index (χ1v) is 4.53. The highest BCUT2D eigenvalue weighted by Gasteiger charge is 2.01. The molecule has 2 aromatic heterocycles. The molecule has 0 unspecified atom stereocenters. The summed E-state index contributed by atoms with van der Waals surface area (Å²) < 4.78 is 1.98. The quantitative estimate of drug-likeness (QED) is 0.618. The highest BCUT2D eigenvalue weighted by atomic mass is 15.1. The maximum Gasteiger partial charge on any atom is 0.159 e. The Hall–Kier alpha value is -1.38. The van der Waals surface area contributed by atoms with E-state index < -0.39 is 0 Å². The smallest absolute Gasteiger partial charge is 0.159 e. The lowest BCUT2D eigenvalue weighted by Crippen LogP contribution is -1.91. The van der Waals surface area contributed by atoms with Gasteiger partial charge < -0.3 is 4.57 Å². The standard InChI is InChI=1S/C8H9N3.C2H6/c1-6-10-7-4-3-5-9-8(7)11(6)2;1-2/h3-5H,1-2H3;1-2H3. The lowest BCUT2D eigenvalue weighted by Gasteiger charge is -1.92. The highest BCUT2D eigenvalue weighted by molar-refractivity contribution is 5.70. The molecule has 0 aliphatic carbocycles. The van der Waals surface area contributed by atoms with Crippen LogP contribution in [-0.4, -0.2) is 14.5 Å². The molecule has 0 fully saturated rings. The molecule has 2 rings (SSSR count). The molecule has 0 aliphatic rings. The van der Waals surface area contributed by atoms with Crippen LogP contribution < -0.4 is 0 Å². The van der Waals surface area contributed by atoms with Gasteiger partial charge in [0.1, 0.15) is 11.3 Å². The zero-order chi connectivity index (χ0) is 9.84. The SMILES string of the molecule is CC.Cc1nc2cccnc2n1C. The first-order valence-electron chi connectivity index (χ1n) is 4.53. The molecule has 70 valence electrons. The molecule has 0 radical (unpaired) electrons. The molecule has 2 aromatic rings. The van der Waals surface area contributed by atoms with Crippen LogP contribution in [-0.2, 0) is 7.05 Å². The second-order valence-electron chi connectivity index (χ2n) is 2.56. The number of rotatable bonds is 0. The second kappa shape index (κ2) is 4.03. The van der Waals surface area contributed by atoms with E-state index >= 15 is 0 Å². The van der Waals surface area contributed by atoms with E-state index in [0.29, 0.717) is 0 Å². The molecule has 0 spiro atoms. The highest BCUT2D eigenvalue weighted by Crippen LogP contribution is 2.09. The molecule has 0 aromatic carbocycles. The van der Waals surface area contributed by atoms with Crippen LogP contribution in [0.5, 0.6) is 0 Å². The van der Waals surface area contributed by atoms with Crippen LogP contribution in [0.15, 0.2) is 18.3 Å². The van der Waals surface area contributed by atoms with Crippen LogP contribution in [0.4, 0.5) is 0 Å². The van der Waals surface area contributed by atoms with E-state index in [-0.39, 0.29) is 0 Å². The molecule has 3 heteroatoms. The van der Waals surface area contributed by atoms with Crippen molar-refractivity contribution in [2.45, 2.75) is 20.8 Å². The van der Waals surface area contributed by atoms with E-state index in [1.807, 2.05) is 44.5 Å². The predicted octanol–water partition coefficient (Wildman–Crippen LogP) is 2.30. The van der Waals surface area contributed by atoms with E-state index in [2.05, 4.69) is 9.97 Å². The van der Waals surface area contributed by atoms with Crippen molar-refractivity contribution in [1.29, 1.82) is 0 Å². The van der Waals surface area contributed by atoms with Crippen LogP contribution in [0.1, 0.15) is 19.7 Å². The predicted molar refractivity (Wildman–Crippen MR) is 54.6 cm³/mol. The molecular formula is C10H15N3. The van der Waals surface area contributed by atoms with Crippen molar-refractivity contribution in [3.05, 3.63) is 24.2 Å². The third kappa shape index (κ3) is 1.69. The van der Waals surface area contributed by atoms with Gasteiger partial charge in [0.05, 0.1) is 0 Å². The van der Waals surface area contributed by atoms with Gasteiger partial charge in [0.25, 0.3) is 0 Å². The number of nitrogens with zero attached hydrogens (tertiary/aromatic N) is 3. The van der Waals surface area contributed by atoms with Crippen LogP contribution >= 0.6 is 0 Å². The number of fused-ring (bicyclic) bond motifs is 1. The number of aromatic nitrogens is 3. The summed E-state index contributed by atoms with van der Waals surface area (Å²) in [5.74, 6) is 0.999. The van der Waals surface area contributed by atoms with Gasteiger partial charge in [0, 0.05) is 13.2 Å². The summed E-state index contributed by atoms with van der Waals surface area (Å²) in [4.78, 5) is 8.52. The maximum atomic E-state index is 4.31. The van der Waals surface area contributed by atoms with Gasteiger partial charge in [-0.05, 0) is 19.1 Å². The van der Waals surface area contributed by atoms with Crippen LogP contribution in [0.2, 0.25) is 0 Å². The minimum Gasteiger partial charge on any atom is -0.316 e. The molecule has 13 heavy (non-hydrogen) atoms. The molecule has 0 atom stereocenters.